The number of methoxy groups -OCH3 is 2. The first-order chi connectivity index (χ1) is 10.5. The predicted molar refractivity (Wildman–Crippen MR) is 75.6 cm³/mol. The maximum Gasteiger partial charge on any atom is 0.341 e. The standard InChI is InChI=1S/C16H13FO5/c1-20-15(18)10-3-8-13(16(19)21-2)14(9-10)22-12-6-4-11(17)5-7-12/h3-9H,1-2H3. The Hall–Kier alpha value is -2.89. The molecule has 2 aromatic rings. The Bertz CT molecular complexity index is 694. The molecule has 0 fully saturated rings. The van der Waals surface area contributed by atoms with E-state index in [9.17, 15) is 14.0 Å². The summed E-state index contributed by atoms with van der Waals surface area (Å²) in [4.78, 5) is 23.3. The van der Waals surface area contributed by atoms with Crippen molar-refractivity contribution in [3.63, 3.8) is 0 Å². The molecule has 0 N–H and O–H groups in total. The smallest absolute Gasteiger partial charge is 0.341 e. The van der Waals surface area contributed by atoms with E-state index in [1.807, 2.05) is 0 Å². The van der Waals surface area contributed by atoms with Crippen LogP contribution in [0.25, 0.3) is 0 Å². The number of halogens is 1. The van der Waals surface area contributed by atoms with Gasteiger partial charge < -0.3 is 14.2 Å². The number of carbonyl (C=O) groups is 2. The first-order valence-electron chi connectivity index (χ1n) is 6.29. The van der Waals surface area contributed by atoms with Crippen molar-refractivity contribution in [3.8, 4) is 11.5 Å². The van der Waals surface area contributed by atoms with Gasteiger partial charge in [0.25, 0.3) is 0 Å². The molecule has 114 valence electrons. The Morgan fingerprint density at radius 3 is 2.14 bits per heavy atom. The summed E-state index contributed by atoms with van der Waals surface area (Å²) in [5, 5.41) is 0. The molecule has 0 spiro atoms. The van der Waals surface area contributed by atoms with Gasteiger partial charge in [0.2, 0.25) is 0 Å². The Labute approximate surface area is 126 Å². The van der Waals surface area contributed by atoms with E-state index in [0.29, 0.717) is 5.75 Å². The number of hydrogen-bond donors (Lipinski definition) is 0. The highest BCUT2D eigenvalue weighted by atomic mass is 19.1. The molecule has 0 aliphatic rings. The van der Waals surface area contributed by atoms with Crippen LogP contribution >= 0.6 is 0 Å². The molecule has 22 heavy (non-hydrogen) atoms. The van der Waals surface area contributed by atoms with Gasteiger partial charge in [-0.3, -0.25) is 0 Å². The van der Waals surface area contributed by atoms with Gasteiger partial charge in [-0.1, -0.05) is 0 Å². The van der Waals surface area contributed by atoms with Gasteiger partial charge >= 0.3 is 11.9 Å². The normalized spacial score (nSPS) is 9.95. The molecule has 0 amide bonds. The summed E-state index contributed by atoms with van der Waals surface area (Å²) in [5.41, 5.74) is 0.353. The molecule has 0 aromatic heterocycles. The lowest BCUT2D eigenvalue weighted by atomic mass is 10.1. The molecule has 0 atom stereocenters. The van der Waals surface area contributed by atoms with E-state index in [1.54, 1.807) is 0 Å². The zero-order valence-corrected chi connectivity index (χ0v) is 12.0. The van der Waals surface area contributed by atoms with Crippen molar-refractivity contribution in [1.29, 1.82) is 0 Å². The van der Waals surface area contributed by atoms with Crippen LogP contribution in [0.2, 0.25) is 0 Å². The van der Waals surface area contributed by atoms with Crippen LogP contribution in [0.15, 0.2) is 42.5 Å². The number of benzene rings is 2. The molecule has 0 unspecified atom stereocenters. The summed E-state index contributed by atoms with van der Waals surface area (Å²) in [6, 6.07) is 9.44. The van der Waals surface area contributed by atoms with Crippen LogP contribution in [-0.2, 0) is 9.47 Å². The third-order valence-corrected chi connectivity index (χ3v) is 2.85. The summed E-state index contributed by atoms with van der Waals surface area (Å²) < 4.78 is 27.7. The summed E-state index contributed by atoms with van der Waals surface area (Å²) in [6.07, 6.45) is 0. The molecule has 0 aliphatic heterocycles. The second kappa shape index (κ2) is 6.71. The van der Waals surface area contributed by atoms with Crippen molar-refractivity contribution in [2.45, 2.75) is 0 Å². The van der Waals surface area contributed by atoms with Crippen molar-refractivity contribution < 1.29 is 28.2 Å². The molecule has 0 radical (unpaired) electrons. The SMILES string of the molecule is COC(=O)c1ccc(C(=O)OC)c(Oc2ccc(F)cc2)c1. The van der Waals surface area contributed by atoms with E-state index in [4.69, 9.17) is 4.74 Å². The zero-order valence-electron chi connectivity index (χ0n) is 12.0. The Balaban J connectivity index is 2.42. The fraction of sp³-hybridized carbons (Fsp3) is 0.125. The van der Waals surface area contributed by atoms with Crippen molar-refractivity contribution in [1.82, 2.24) is 0 Å². The third-order valence-electron chi connectivity index (χ3n) is 2.85. The Morgan fingerprint density at radius 2 is 1.55 bits per heavy atom. The van der Waals surface area contributed by atoms with E-state index >= 15 is 0 Å². The number of hydrogen-bond acceptors (Lipinski definition) is 5. The van der Waals surface area contributed by atoms with E-state index in [2.05, 4.69) is 9.47 Å². The highest BCUT2D eigenvalue weighted by Gasteiger charge is 2.17. The monoisotopic (exact) mass is 304 g/mol. The Morgan fingerprint density at radius 1 is 0.909 bits per heavy atom. The third kappa shape index (κ3) is 3.41. The lowest BCUT2D eigenvalue weighted by molar-refractivity contribution is 0.0584. The largest absolute Gasteiger partial charge is 0.465 e. The average Bonchev–Trinajstić information content (AvgIpc) is 2.55. The summed E-state index contributed by atoms with van der Waals surface area (Å²) in [7, 11) is 2.48. The highest BCUT2D eigenvalue weighted by Crippen LogP contribution is 2.27. The minimum atomic E-state index is -0.617. The van der Waals surface area contributed by atoms with E-state index in [1.165, 1.54) is 56.7 Å². The van der Waals surface area contributed by atoms with Crippen molar-refractivity contribution >= 4 is 11.9 Å². The van der Waals surface area contributed by atoms with Crippen LogP contribution in [0, 0.1) is 5.82 Å². The molecule has 0 bridgehead atoms. The van der Waals surface area contributed by atoms with Gasteiger partial charge in [0, 0.05) is 0 Å². The number of esters is 2. The van der Waals surface area contributed by atoms with Crippen LogP contribution in [0.4, 0.5) is 4.39 Å². The fourth-order valence-electron chi connectivity index (χ4n) is 1.76. The molecular weight excluding hydrogens is 291 g/mol. The fourth-order valence-corrected chi connectivity index (χ4v) is 1.76. The van der Waals surface area contributed by atoms with Gasteiger partial charge in [-0.25, -0.2) is 14.0 Å². The van der Waals surface area contributed by atoms with Crippen molar-refractivity contribution in [2.24, 2.45) is 0 Å². The first kappa shape index (κ1) is 15.5. The highest BCUT2D eigenvalue weighted by molar-refractivity contribution is 5.96. The van der Waals surface area contributed by atoms with Crippen LogP contribution in [0.1, 0.15) is 20.7 Å². The average molecular weight is 304 g/mol. The van der Waals surface area contributed by atoms with E-state index in [-0.39, 0.29) is 16.9 Å². The topological polar surface area (TPSA) is 61.8 Å². The van der Waals surface area contributed by atoms with Gasteiger partial charge in [-0.15, -0.1) is 0 Å². The quantitative estimate of drug-likeness (QED) is 0.812. The molecule has 5 nitrogen and oxygen atoms in total. The second-order valence-electron chi connectivity index (χ2n) is 4.25. The van der Waals surface area contributed by atoms with Crippen molar-refractivity contribution in [2.75, 3.05) is 14.2 Å². The Kier molecular flexibility index (Phi) is 4.73. The lowest BCUT2D eigenvalue weighted by Crippen LogP contribution is -2.07. The van der Waals surface area contributed by atoms with E-state index in [0.717, 1.165) is 0 Å². The molecule has 6 heteroatoms. The van der Waals surface area contributed by atoms with Gasteiger partial charge in [0.1, 0.15) is 22.9 Å². The number of rotatable bonds is 4. The molecule has 0 aliphatic carbocycles. The predicted octanol–water partition coefficient (Wildman–Crippen LogP) is 3.19. The lowest BCUT2D eigenvalue weighted by Gasteiger charge is -2.11. The minimum absolute atomic E-state index is 0.112. The molecule has 2 aromatic carbocycles. The summed E-state index contributed by atoms with van der Waals surface area (Å²) >= 11 is 0. The van der Waals surface area contributed by atoms with Crippen LogP contribution in [-0.4, -0.2) is 26.2 Å². The van der Waals surface area contributed by atoms with Gasteiger partial charge in [0.05, 0.1) is 19.8 Å². The zero-order chi connectivity index (χ0) is 16.1. The molecular formula is C16H13FO5. The van der Waals surface area contributed by atoms with Gasteiger partial charge in [-0.2, -0.15) is 0 Å². The van der Waals surface area contributed by atoms with Crippen LogP contribution in [0.5, 0.6) is 11.5 Å². The number of carbonyl (C=O) groups excluding carboxylic acids is 2. The minimum Gasteiger partial charge on any atom is -0.465 e. The maximum atomic E-state index is 12.9. The molecule has 2 rings (SSSR count). The van der Waals surface area contributed by atoms with E-state index < -0.39 is 17.8 Å². The number of ether oxygens (including phenoxy) is 3. The van der Waals surface area contributed by atoms with Gasteiger partial charge in [0.15, 0.2) is 0 Å². The van der Waals surface area contributed by atoms with Crippen LogP contribution < -0.4 is 4.74 Å². The molecule has 0 heterocycles. The van der Waals surface area contributed by atoms with Crippen LogP contribution in [0.3, 0.4) is 0 Å². The summed E-state index contributed by atoms with van der Waals surface area (Å²) in [6.45, 7) is 0. The molecule has 0 saturated carbocycles. The summed E-state index contributed by atoms with van der Waals surface area (Å²) in [5.74, 6) is -1.17. The van der Waals surface area contributed by atoms with Crippen molar-refractivity contribution in [3.05, 3.63) is 59.4 Å². The maximum absolute atomic E-state index is 12.9. The van der Waals surface area contributed by atoms with Gasteiger partial charge in [-0.05, 0) is 42.5 Å². The molecule has 0 saturated heterocycles. The second-order valence-corrected chi connectivity index (χ2v) is 4.25. The first-order valence-corrected chi connectivity index (χ1v) is 6.29.